The van der Waals surface area contributed by atoms with Gasteiger partial charge in [-0.2, -0.15) is 11.8 Å². The molecule has 0 bridgehead atoms. The van der Waals surface area contributed by atoms with E-state index in [1.54, 1.807) is 25.1 Å². The van der Waals surface area contributed by atoms with Crippen molar-refractivity contribution in [2.75, 3.05) is 24.6 Å². The number of rotatable bonds is 4. The summed E-state index contributed by atoms with van der Waals surface area (Å²) in [5.41, 5.74) is 0.782. The Labute approximate surface area is 192 Å². The number of nitrogens with one attached hydrogen (secondary N) is 1. The minimum Gasteiger partial charge on any atom is -0.342 e. The van der Waals surface area contributed by atoms with Gasteiger partial charge in [0.1, 0.15) is 5.82 Å². The number of hydrogen-bond acceptors (Lipinski definition) is 3. The number of aromatic nitrogens is 2. The topological polar surface area (TPSA) is 31.9 Å². The zero-order valence-corrected chi connectivity index (χ0v) is 18.7. The summed E-state index contributed by atoms with van der Waals surface area (Å²) in [4.78, 5) is 9.49. The lowest BCUT2D eigenvalue weighted by Crippen LogP contribution is -2.31. The molecule has 0 radical (unpaired) electrons. The van der Waals surface area contributed by atoms with Gasteiger partial charge in [0.2, 0.25) is 0 Å². The predicted molar refractivity (Wildman–Crippen MR) is 124 cm³/mol. The third kappa shape index (κ3) is 4.13. The van der Waals surface area contributed by atoms with Gasteiger partial charge in [-0.3, -0.25) is 4.90 Å². The largest absolute Gasteiger partial charge is 0.342 e. The van der Waals surface area contributed by atoms with Crippen LogP contribution in [0.5, 0.6) is 0 Å². The van der Waals surface area contributed by atoms with E-state index in [0.29, 0.717) is 16.9 Å². The lowest BCUT2D eigenvalue weighted by Gasteiger charge is -2.26. The summed E-state index contributed by atoms with van der Waals surface area (Å²) in [7, 11) is 0. The Hall–Kier alpha value is -2.84. The van der Waals surface area contributed by atoms with E-state index in [-0.39, 0.29) is 11.1 Å². The molecule has 170 valence electrons. The van der Waals surface area contributed by atoms with Crippen molar-refractivity contribution in [3.8, 4) is 22.3 Å². The van der Waals surface area contributed by atoms with Gasteiger partial charge in [0.15, 0.2) is 23.3 Å². The molecule has 3 aromatic carbocycles. The number of halogens is 4. The SMILES string of the molecule is Cc1nc2ccc(-c3c(F)c(F)c(-c4ccc(CN5CCSCC5)cc4)c(F)c3F)cc2[nH]1. The quantitative estimate of drug-likeness (QED) is 0.280. The van der Waals surface area contributed by atoms with Gasteiger partial charge in [-0.15, -0.1) is 0 Å². The Balaban J connectivity index is 1.51. The second kappa shape index (κ2) is 8.83. The average Bonchev–Trinajstić information content (AvgIpc) is 3.19. The first-order valence-electron chi connectivity index (χ1n) is 10.6. The van der Waals surface area contributed by atoms with Gasteiger partial charge in [0, 0.05) is 31.1 Å². The van der Waals surface area contributed by atoms with Crippen LogP contribution in [-0.2, 0) is 6.54 Å². The first-order valence-corrected chi connectivity index (χ1v) is 11.8. The number of nitrogens with zero attached hydrogens (tertiary/aromatic N) is 2. The van der Waals surface area contributed by atoms with Crippen LogP contribution in [0.2, 0.25) is 0 Å². The normalized spacial score (nSPS) is 14.8. The third-order valence-electron chi connectivity index (χ3n) is 5.90. The first kappa shape index (κ1) is 22.0. The van der Waals surface area contributed by atoms with Crippen LogP contribution in [0, 0.1) is 30.2 Å². The first-order chi connectivity index (χ1) is 15.9. The van der Waals surface area contributed by atoms with Crippen LogP contribution in [0.3, 0.4) is 0 Å². The highest BCUT2D eigenvalue weighted by molar-refractivity contribution is 7.99. The number of aryl methyl sites for hydroxylation is 1. The average molecular weight is 472 g/mol. The van der Waals surface area contributed by atoms with Gasteiger partial charge >= 0.3 is 0 Å². The molecule has 0 spiro atoms. The fourth-order valence-electron chi connectivity index (χ4n) is 4.23. The molecule has 8 heteroatoms. The monoisotopic (exact) mass is 471 g/mol. The number of H-pyrrole nitrogens is 1. The molecule has 1 aliphatic rings. The van der Waals surface area contributed by atoms with Crippen LogP contribution in [0.4, 0.5) is 17.6 Å². The molecule has 33 heavy (non-hydrogen) atoms. The molecule has 1 fully saturated rings. The van der Waals surface area contributed by atoms with Crippen molar-refractivity contribution in [1.29, 1.82) is 0 Å². The van der Waals surface area contributed by atoms with E-state index in [9.17, 15) is 0 Å². The van der Waals surface area contributed by atoms with Crippen molar-refractivity contribution < 1.29 is 17.6 Å². The van der Waals surface area contributed by atoms with E-state index >= 15 is 17.6 Å². The van der Waals surface area contributed by atoms with Crippen molar-refractivity contribution in [3.05, 3.63) is 77.1 Å². The Morgan fingerprint density at radius 3 is 2.06 bits per heavy atom. The Morgan fingerprint density at radius 2 is 1.42 bits per heavy atom. The fraction of sp³-hybridized carbons (Fsp3) is 0.240. The van der Waals surface area contributed by atoms with Crippen LogP contribution in [0.15, 0.2) is 42.5 Å². The molecule has 3 nitrogen and oxygen atoms in total. The summed E-state index contributed by atoms with van der Waals surface area (Å²) in [5, 5.41) is 0. The minimum atomic E-state index is -1.42. The zero-order valence-electron chi connectivity index (χ0n) is 17.9. The molecule has 1 aliphatic heterocycles. The molecule has 1 saturated heterocycles. The number of hydrogen-bond donors (Lipinski definition) is 1. The minimum absolute atomic E-state index is 0.0283. The van der Waals surface area contributed by atoms with Crippen LogP contribution in [-0.4, -0.2) is 39.5 Å². The molecule has 0 saturated carbocycles. The molecule has 0 amide bonds. The number of imidazole rings is 1. The van der Waals surface area contributed by atoms with Gasteiger partial charge in [-0.05, 0) is 35.7 Å². The molecule has 5 rings (SSSR count). The number of benzene rings is 3. The summed E-state index contributed by atoms with van der Waals surface area (Å²) < 4.78 is 60.2. The van der Waals surface area contributed by atoms with Crippen molar-refractivity contribution in [2.45, 2.75) is 13.5 Å². The third-order valence-corrected chi connectivity index (χ3v) is 6.85. The van der Waals surface area contributed by atoms with E-state index in [2.05, 4.69) is 14.9 Å². The lowest BCUT2D eigenvalue weighted by atomic mass is 9.96. The summed E-state index contributed by atoms with van der Waals surface area (Å²) in [6.07, 6.45) is 0. The number of thioether (sulfide) groups is 1. The van der Waals surface area contributed by atoms with Crippen LogP contribution >= 0.6 is 11.8 Å². The Bertz CT molecular complexity index is 1300. The molecule has 1 aromatic heterocycles. The molecular formula is C25H21F4N3S. The highest BCUT2D eigenvalue weighted by Crippen LogP contribution is 2.37. The van der Waals surface area contributed by atoms with Gasteiger partial charge in [-0.25, -0.2) is 22.5 Å². The highest BCUT2D eigenvalue weighted by Gasteiger charge is 2.27. The summed E-state index contributed by atoms with van der Waals surface area (Å²) in [5.74, 6) is -2.89. The van der Waals surface area contributed by atoms with E-state index in [4.69, 9.17) is 0 Å². The number of fused-ring (bicyclic) bond motifs is 1. The summed E-state index contributed by atoms with van der Waals surface area (Å²) in [6, 6.07) is 10.9. The number of aromatic amines is 1. The molecule has 1 N–H and O–H groups in total. The van der Waals surface area contributed by atoms with Crippen molar-refractivity contribution >= 4 is 22.8 Å². The van der Waals surface area contributed by atoms with Crippen molar-refractivity contribution in [2.24, 2.45) is 0 Å². The fourth-order valence-corrected chi connectivity index (χ4v) is 5.20. The smallest absolute Gasteiger partial charge is 0.170 e. The Morgan fingerprint density at radius 1 is 0.848 bits per heavy atom. The Kier molecular flexibility index (Phi) is 5.88. The van der Waals surface area contributed by atoms with Crippen LogP contribution in [0.1, 0.15) is 11.4 Å². The second-order valence-corrected chi connectivity index (χ2v) is 9.37. The van der Waals surface area contributed by atoms with E-state index in [1.807, 2.05) is 11.8 Å². The van der Waals surface area contributed by atoms with Gasteiger partial charge in [-0.1, -0.05) is 30.3 Å². The van der Waals surface area contributed by atoms with Crippen LogP contribution in [0.25, 0.3) is 33.3 Å². The zero-order chi connectivity index (χ0) is 23.1. The molecule has 4 aromatic rings. The van der Waals surface area contributed by atoms with Gasteiger partial charge in [0.25, 0.3) is 0 Å². The molecule has 2 heterocycles. The molecule has 0 atom stereocenters. The molecule has 0 unspecified atom stereocenters. The highest BCUT2D eigenvalue weighted by atomic mass is 32.2. The standard InChI is InChI=1S/C25H21F4N3S/c1-14-30-18-7-6-17(12-19(18)31-14)21-24(28)22(26)20(23(27)25(21)29)16-4-2-15(3-5-16)13-32-8-10-33-11-9-32/h2-7,12H,8-11,13H2,1H3,(H,30,31). The second-order valence-electron chi connectivity index (χ2n) is 8.15. The maximum atomic E-state index is 15.1. The van der Waals surface area contributed by atoms with Crippen molar-refractivity contribution in [3.63, 3.8) is 0 Å². The van der Waals surface area contributed by atoms with E-state index < -0.39 is 34.4 Å². The molecule has 0 aliphatic carbocycles. The van der Waals surface area contributed by atoms with Crippen molar-refractivity contribution in [1.82, 2.24) is 14.9 Å². The summed E-state index contributed by atoms with van der Waals surface area (Å²) in [6.45, 7) is 4.43. The van der Waals surface area contributed by atoms with Gasteiger partial charge in [0.05, 0.1) is 22.2 Å². The van der Waals surface area contributed by atoms with Crippen LogP contribution < -0.4 is 0 Å². The maximum Gasteiger partial charge on any atom is 0.170 e. The summed E-state index contributed by atoms with van der Waals surface area (Å²) >= 11 is 1.91. The van der Waals surface area contributed by atoms with E-state index in [0.717, 1.165) is 36.7 Å². The predicted octanol–water partition coefficient (Wildman–Crippen LogP) is 6.31. The molecular weight excluding hydrogens is 450 g/mol. The maximum absolute atomic E-state index is 15.1. The van der Waals surface area contributed by atoms with E-state index in [1.165, 1.54) is 24.3 Å². The van der Waals surface area contributed by atoms with Gasteiger partial charge < -0.3 is 4.98 Å². The lowest BCUT2D eigenvalue weighted by molar-refractivity contribution is 0.294.